The molecule has 4 nitrogen and oxygen atoms in total. The van der Waals surface area contributed by atoms with Crippen LogP contribution in [0.3, 0.4) is 0 Å². The number of carbonyl (C=O) groups excluding carboxylic acids is 2. The van der Waals surface area contributed by atoms with Crippen molar-refractivity contribution in [1.82, 2.24) is 0 Å². The maximum atomic E-state index is 11.0. The molecule has 1 aliphatic carbocycles. The van der Waals surface area contributed by atoms with Crippen LogP contribution in [0.25, 0.3) is 0 Å². The topological polar surface area (TPSA) is 63.6 Å². The minimum absolute atomic E-state index is 0.0690. The second-order valence-corrected chi connectivity index (χ2v) is 3.10. The molecule has 0 unspecified atom stereocenters. The Hall–Kier alpha value is -0.900. The van der Waals surface area contributed by atoms with Gasteiger partial charge in [-0.1, -0.05) is 0 Å². The number of fused-ring (bicyclic) bond motifs is 2. The number of ketones is 1. The Labute approximate surface area is 63.1 Å². The van der Waals surface area contributed by atoms with Crippen LogP contribution < -0.4 is 0 Å². The molecule has 2 fully saturated rings. The first-order chi connectivity index (χ1) is 5.12. The van der Waals surface area contributed by atoms with Crippen LogP contribution in [-0.2, 0) is 14.3 Å². The number of Topliss-reactive ketones (excluding diaryl/α,β-unsaturated/α-hetero) is 1. The predicted molar refractivity (Wildman–Crippen MR) is 33.7 cm³/mol. The van der Waals surface area contributed by atoms with Crippen molar-refractivity contribution >= 4 is 11.8 Å². The molecule has 1 heterocycles. The molecule has 1 N–H and O–H groups in total. The molecule has 0 aromatic carbocycles. The van der Waals surface area contributed by atoms with E-state index in [2.05, 4.69) is 4.74 Å². The zero-order chi connectivity index (χ0) is 8.06. The normalized spacial score (nSPS) is 42.5. The number of carbonyl (C=O) groups is 2. The van der Waals surface area contributed by atoms with Gasteiger partial charge in [0.15, 0.2) is 17.5 Å². The maximum Gasteiger partial charge on any atom is 0.339 e. The van der Waals surface area contributed by atoms with Gasteiger partial charge in [0.25, 0.3) is 0 Å². The molecule has 0 spiro atoms. The van der Waals surface area contributed by atoms with E-state index < -0.39 is 17.7 Å². The average molecular weight is 156 g/mol. The third-order valence-corrected chi connectivity index (χ3v) is 2.30. The summed E-state index contributed by atoms with van der Waals surface area (Å²) in [6.07, 6.45) is -0.0279. The molecule has 2 aliphatic rings. The smallest absolute Gasteiger partial charge is 0.339 e. The molecule has 1 aliphatic heterocycles. The van der Waals surface area contributed by atoms with Crippen molar-refractivity contribution < 1.29 is 19.4 Å². The van der Waals surface area contributed by atoms with Crippen LogP contribution in [0, 0.1) is 0 Å². The van der Waals surface area contributed by atoms with Crippen molar-refractivity contribution in [3.05, 3.63) is 0 Å². The maximum absolute atomic E-state index is 11.0. The van der Waals surface area contributed by atoms with E-state index in [0.29, 0.717) is 0 Å². The first-order valence-corrected chi connectivity index (χ1v) is 3.58. The van der Waals surface area contributed by atoms with Crippen molar-refractivity contribution in [2.24, 2.45) is 0 Å². The van der Waals surface area contributed by atoms with Crippen LogP contribution in [0.1, 0.15) is 19.3 Å². The second-order valence-electron chi connectivity index (χ2n) is 3.10. The predicted octanol–water partition coefficient (Wildman–Crippen LogP) is -0.604. The van der Waals surface area contributed by atoms with Gasteiger partial charge in [-0.25, -0.2) is 4.79 Å². The van der Waals surface area contributed by atoms with E-state index in [1.165, 1.54) is 0 Å². The van der Waals surface area contributed by atoms with Crippen molar-refractivity contribution in [2.45, 2.75) is 31.0 Å². The number of hydrogen-bond donors (Lipinski definition) is 1. The van der Waals surface area contributed by atoms with Crippen LogP contribution in [0.15, 0.2) is 0 Å². The lowest BCUT2D eigenvalue weighted by atomic mass is 9.85. The zero-order valence-electron chi connectivity index (χ0n) is 5.87. The molecule has 0 radical (unpaired) electrons. The summed E-state index contributed by atoms with van der Waals surface area (Å²) < 4.78 is 4.66. The molecule has 1 saturated carbocycles. The summed E-state index contributed by atoms with van der Waals surface area (Å²) in [6.45, 7) is 0. The standard InChI is InChI=1S/C7H8O4/c8-4-1-2-7(10)3-5(4)11-6(7)9/h5,10H,1-3H2/t5-,7+/m1/s1. The van der Waals surface area contributed by atoms with Gasteiger partial charge in [-0.2, -0.15) is 0 Å². The molecule has 2 atom stereocenters. The van der Waals surface area contributed by atoms with Crippen molar-refractivity contribution in [3.63, 3.8) is 0 Å². The van der Waals surface area contributed by atoms with Crippen molar-refractivity contribution in [3.8, 4) is 0 Å². The lowest BCUT2D eigenvalue weighted by Crippen LogP contribution is -2.38. The fraction of sp³-hybridized carbons (Fsp3) is 0.714. The summed E-state index contributed by atoms with van der Waals surface area (Å²) >= 11 is 0. The van der Waals surface area contributed by atoms with Gasteiger partial charge in [-0.15, -0.1) is 0 Å². The third kappa shape index (κ3) is 0.790. The summed E-state index contributed by atoms with van der Waals surface area (Å²) in [4.78, 5) is 21.9. The van der Waals surface area contributed by atoms with Crippen LogP contribution in [0.4, 0.5) is 0 Å². The van der Waals surface area contributed by atoms with Gasteiger partial charge in [0, 0.05) is 12.8 Å². The minimum Gasteiger partial charge on any atom is -0.452 e. The van der Waals surface area contributed by atoms with Gasteiger partial charge in [-0.3, -0.25) is 4.79 Å². The van der Waals surface area contributed by atoms with E-state index in [9.17, 15) is 14.7 Å². The molecular weight excluding hydrogens is 148 g/mol. The lowest BCUT2D eigenvalue weighted by Gasteiger charge is -2.20. The Bertz CT molecular complexity index is 235. The van der Waals surface area contributed by atoms with Crippen molar-refractivity contribution in [2.75, 3.05) is 0 Å². The number of rotatable bonds is 0. The minimum atomic E-state index is -1.35. The van der Waals surface area contributed by atoms with E-state index in [-0.39, 0.29) is 25.0 Å². The van der Waals surface area contributed by atoms with Crippen LogP contribution >= 0.6 is 0 Å². The van der Waals surface area contributed by atoms with Gasteiger partial charge < -0.3 is 9.84 Å². The number of hydrogen-bond acceptors (Lipinski definition) is 4. The summed E-state index contributed by atoms with van der Waals surface area (Å²) in [7, 11) is 0. The van der Waals surface area contributed by atoms with Crippen LogP contribution in [0.2, 0.25) is 0 Å². The first kappa shape index (κ1) is 6.79. The Balaban J connectivity index is 2.31. The van der Waals surface area contributed by atoms with Gasteiger partial charge >= 0.3 is 5.97 Å². The fourth-order valence-corrected chi connectivity index (χ4v) is 1.55. The van der Waals surface area contributed by atoms with E-state index in [4.69, 9.17) is 0 Å². The molecule has 2 rings (SSSR count). The average Bonchev–Trinajstić information content (AvgIpc) is 2.20. The number of esters is 1. The largest absolute Gasteiger partial charge is 0.452 e. The Morgan fingerprint density at radius 1 is 1.55 bits per heavy atom. The molecule has 0 aromatic heterocycles. The van der Waals surface area contributed by atoms with Crippen LogP contribution in [0.5, 0.6) is 0 Å². The number of aliphatic hydroxyl groups is 1. The van der Waals surface area contributed by atoms with E-state index in [1.807, 2.05) is 0 Å². The number of ether oxygens (including phenoxy) is 1. The summed E-state index contributed by atoms with van der Waals surface area (Å²) in [5.41, 5.74) is -1.35. The van der Waals surface area contributed by atoms with Gasteiger partial charge in [0.05, 0.1) is 0 Å². The summed E-state index contributed by atoms with van der Waals surface area (Å²) in [5.74, 6) is -0.700. The lowest BCUT2D eigenvalue weighted by molar-refractivity contribution is -0.154. The highest BCUT2D eigenvalue weighted by Crippen LogP contribution is 2.35. The molecule has 1 saturated heterocycles. The van der Waals surface area contributed by atoms with E-state index >= 15 is 0 Å². The molecule has 0 amide bonds. The van der Waals surface area contributed by atoms with Gasteiger partial charge in [0.1, 0.15) is 0 Å². The Morgan fingerprint density at radius 2 is 2.27 bits per heavy atom. The quantitative estimate of drug-likeness (QED) is 0.475. The highest BCUT2D eigenvalue weighted by Gasteiger charge is 2.53. The molecule has 4 heteroatoms. The summed E-state index contributed by atoms with van der Waals surface area (Å²) in [5, 5.41) is 9.48. The molecule has 0 aromatic rings. The molecular formula is C7H8O4. The van der Waals surface area contributed by atoms with Crippen molar-refractivity contribution in [1.29, 1.82) is 0 Å². The fourth-order valence-electron chi connectivity index (χ4n) is 1.55. The van der Waals surface area contributed by atoms with E-state index in [1.54, 1.807) is 0 Å². The highest BCUT2D eigenvalue weighted by atomic mass is 16.6. The molecule has 60 valence electrons. The third-order valence-electron chi connectivity index (χ3n) is 2.30. The second kappa shape index (κ2) is 1.82. The summed E-state index contributed by atoms with van der Waals surface area (Å²) in [6, 6.07) is 0. The Kier molecular flexibility index (Phi) is 1.12. The SMILES string of the molecule is O=C1CC[C@]2(O)C[C@H]1OC2=O. The molecule has 11 heavy (non-hydrogen) atoms. The Morgan fingerprint density at radius 3 is 2.91 bits per heavy atom. The van der Waals surface area contributed by atoms with Gasteiger partial charge in [-0.05, 0) is 6.42 Å². The van der Waals surface area contributed by atoms with Gasteiger partial charge in [0.2, 0.25) is 0 Å². The molecule has 2 bridgehead atoms. The monoisotopic (exact) mass is 156 g/mol. The van der Waals surface area contributed by atoms with Crippen LogP contribution in [-0.4, -0.2) is 28.6 Å². The van der Waals surface area contributed by atoms with E-state index in [0.717, 1.165) is 0 Å². The first-order valence-electron chi connectivity index (χ1n) is 3.58. The highest BCUT2D eigenvalue weighted by molar-refractivity contribution is 5.94. The zero-order valence-corrected chi connectivity index (χ0v) is 5.87.